The molecule has 11 nitrogen and oxygen atoms in total. The third-order valence-corrected chi connectivity index (χ3v) is 10.7. The van der Waals surface area contributed by atoms with Crippen molar-refractivity contribution < 1.29 is 40.6 Å². The van der Waals surface area contributed by atoms with Gasteiger partial charge in [0, 0.05) is 50.3 Å². The number of rotatable bonds is 6. The Morgan fingerprint density at radius 3 is 2.47 bits per heavy atom. The van der Waals surface area contributed by atoms with Gasteiger partial charge in [-0.25, -0.2) is 4.39 Å². The highest BCUT2D eigenvalue weighted by Gasteiger charge is 2.46. The van der Waals surface area contributed by atoms with E-state index in [1.807, 2.05) is 16.5 Å². The summed E-state index contributed by atoms with van der Waals surface area (Å²) in [5, 5.41) is 3.92. The maximum absolute atomic E-state index is 15.5. The second kappa shape index (κ2) is 15.0. The minimum Gasteiger partial charge on any atom is -0.461 e. The van der Waals surface area contributed by atoms with Crippen LogP contribution >= 0.6 is 11.6 Å². The number of nitrogen functional groups attached to an aromatic ring is 1. The smallest absolute Gasteiger partial charge is 0.418 e. The van der Waals surface area contributed by atoms with Crippen molar-refractivity contribution in [3.8, 4) is 6.01 Å². The van der Waals surface area contributed by atoms with E-state index < -0.39 is 46.0 Å². The highest BCUT2D eigenvalue weighted by molar-refractivity contribution is 6.31. The van der Waals surface area contributed by atoms with Crippen LogP contribution in [-0.2, 0) is 37.0 Å². The number of nitrogens with zero attached hydrogens (tertiary/aromatic N) is 7. The molecule has 0 radical (unpaired) electrons. The number of aromatic nitrogens is 4. The Balaban J connectivity index is 0.00000114. The first-order valence-corrected chi connectivity index (χ1v) is 17.6. The van der Waals surface area contributed by atoms with Crippen LogP contribution in [0.1, 0.15) is 82.3 Å². The van der Waals surface area contributed by atoms with E-state index in [0.29, 0.717) is 55.4 Å². The number of ether oxygens (including phenoxy) is 2. The summed E-state index contributed by atoms with van der Waals surface area (Å²) in [6.07, 6.45) is -3.51. The van der Waals surface area contributed by atoms with Gasteiger partial charge in [0.25, 0.3) is 12.0 Å². The van der Waals surface area contributed by atoms with Gasteiger partial charge in [0.15, 0.2) is 11.5 Å². The molecule has 1 atom stereocenters. The van der Waals surface area contributed by atoms with Crippen molar-refractivity contribution >= 4 is 29.0 Å². The highest BCUT2D eigenvalue weighted by atomic mass is 35.5. The van der Waals surface area contributed by atoms with Gasteiger partial charge >= 0.3 is 12.2 Å². The molecule has 2 aromatic heterocycles. The predicted molar refractivity (Wildman–Crippen MR) is 184 cm³/mol. The maximum Gasteiger partial charge on any atom is 0.418 e. The maximum atomic E-state index is 15.5. The number of amides is 1. The normalized spacial score (nSPS) is 19.4. The molecule has 53 heavy (non-hydrogen) atoms. The number of carbonyl (C=O) groups excluding carboxylic acids is 1. The van der Waals surface area contributed by atoms with Gasteiger partial charge in [-0.2, -0.15) is 37.0 Å². The molecule has 2 N–H and O–H groups in total. The lowest BCUT2D eigenvalue weighted by Gasteiger charge is -2.33. The Morgan fingerprint density at radius 2 is 1.83 bits per heavy atom. The molecule has 1 unspecified atom stereocenters. The second-order valence-electron chi connectivity index (χ2n) is 14.0. The standard InChI is InChI=1S/C33H39ClF4N8O3.C2H2F2/c1-18-23-15-44(9-6-12-46(23)42-28(18)30(47)43(2)3)29-19-16-48-24(25-26(33(36,37)38)20(34)13-21(39)27(25)35)14-22(19)40-31(41-29)49-17-32-7-4-10-45(32)11-5-8-32;1-2(3)4/h13,24H,4-12,14-17,39H2,1-3H3;1H2. The van der Waals surface area contributed by atoms with Crippen LogP contribution in [0.3, 0.4) is 0 Å². The second-order valence-corrected chi connectivity index (χ2v) is 14.4. The molecular weight excluding hydrogens is 730 g/mol. The third kappa shape index (κ3) is 7.65. The molecule has 6 heterocycles. The molecule has 0 bridgehead atoms. The zero-order chi connectivity index (χ0) is 38.4. The van der Waals surface area contributed by atoms with Crippen molar-refractivity contribution in [3.05, 3.63) is 68.9 Å². The van der Waals surface area contributed by atoms with Gasteiger partial charge in [-0.05, 0) is 64.8 Å². The minimum absolute atomic E-state index is 0.0996. The van der Waals surface area contributed by atoms with Gasteiger partial charge in [0.05, 0.1) is 52.5 Å². The van der Waals surface area contributed by atoms with E-state index in [4.69, 9.17) is 36.8 Å². The summed E-state index contributed by atoms with van der Waals surface area (Å²) in [5.74, 6) is -0.905. The molecule has 1 aromatic carbocycles. The molecule has 2 saturated heterocycles. The van der Waals surface area contributed by atoms with E-state index in [2.05, 4.69) is 16.6 Å². The number of benzene rings is 1. The molecule has 0 spiro atoms. The minimum atomic E-state index is -4.96. The predicted octanol–water partition coefficient (Wildman–Crippen LogP) is 6.70. The van der Waals surface area contributed by atoms with Crippen molar-refractivity contribution in [2.24, 2.45) is 0 Å². The highest BCUT2D eigenvalue weighted by Crippen LogP contribution is 2.46. The summed E-state index contributed by atoms with van der Waals surface area (Å²) in [6.45, 7) is 7.81. The van der Waals surface area contributed by atoms with Gasteiger partial charge < -0.3 is 25.0 Å². The summed E-state index contributed by atoms with van der Waals surface area (Å²) in [7, 11) is 3.36. The number of fused-ring (bicyclic) bond motifs is 3. The third-order valence-electron chi connectivity index (χ3n) is 10.4. The number of hydrogen-bond acceptors (Lipinski definition) is 9. The average Bonchev–Trinajstić information content (AvgIpc) is 3.70. The summed E-state index contributed by atoms with van der Waals surface area (Å²) in [4.78, 5) is 28.5. The first-order valence-electron chi connectivity index (χ1n) is 17.3. The van der Waals surface area contributed by atoms with Gasteiger partial charge in [0.1, 0.15) is 12.4 Å². The quantitative estimate of drug-likeness (QED) is 0.216. The summed E-state index contributed by atoms with van der Waals surface area (Å²) < 4.78 is 92.7. The van der Waals surface area contributed by atoms with Crippen LogP contribution in [0.2, 0.25) is 5.02 Å². The number of carbonyl (C=O) groups is 1. The van der Waals surface area contributed by atoms with Crippen LogP contribution < -0.4 is 15.4 Å². The van der Waals surface area contributed by atoms with Crippen molar-refractivity contribution in [3.63, 3.8) is 0 Å². The molecule has 0 saturated carbocycles. The van der Waals surface area contributed by atoms with Crippen LogP contribution in [0, 0.1) is 12.7 Å². The molecule has 288 valence electrons. The van der Waals surface area contributed by atoms with Gasteiger partial charge in [0.2, 0.25) is 0 Å². The Labute approximate surface area is 307 Å². The first kappa shape index (κ1) is 38.6. The lowest BCUT2D eigenvalue weighted by atomic mass is 9.93. The van der Waals surface area contributed by atoms with Crippen LogP contribution in [0.15, 0.2) is 18.7 Å². The topological polar surface area (TPSA) is 115 Å². The fourth-order valence-corrected chi connectivity index (χ4v) is 8.22. The van der Waals surface area contributed by atoms with Crippen molar-refractivity contribution in [1.29, 1.82) is 0 Å². The van der Waals surface area contributed by atoms with Crippen LogP contribution in [0.25, 0.3) is 0 Å². The van der Waals surface area contributed by atoms with E-state index in [1.165, 1.54) is 4.90 Å². The fourth-order valence-electron chi connectivity index (χ4n) is 7.90. The van der Waals surface area contributed by atoms with Gasteiger partial charge in [-0.3, -0.25) is 14.4 Å². The Bertz CT molecular complexity index is 1890. The molecular formula is C35H41ClF6N8O3. The number of hydrogen-bond donors (Lipinski definition) is 1. The summed E-state index contributed by atoms with van der Waals surface area (Å²) in [6, 6.07) is 0.868. The van der Waals surface area contributed by atoms with E-state index in [0.717, 1.165) is 56.1 Å². The summed E-state index contributed by atoms with van der Waals surface area (Å²) >= 11 is 6.01. The number of nitrogens with two attached hydrogens (primary N) is 1. The monoisotopic (exact) mass is 770 g/mol. The Morgan fingerprint density at radius 1 is 1.15 bits per heavy atom. The molecule has 3 aromatic rings. The van der Waals surface area contributed by atoms with E-state index in [9.17, 15) is 26.7 Å². The lowest BCUT2D eigenvalue weighted by Crippen LogP contribution is -2.43. The Kier molecular flexibility index (Phi) is 10.9. The van der Waals surface area contributed by atoms with Crippen molar-refractivity contribution in [1.82, 2.24) is 29.5 Å². The molecule has 2 fully saturated rings. The molecule has 4 aliphatic rings. The van der Waals surface area contributed by atoms with Crippen LogP contribution in [0.4, 0.5) is 37.8 Å². The Hall–Kier alpha value is -4.09. The van der Waals surface area contributed by atoms with Crippen LogP contribution in [-0.4, -0.2) is 81.3 Å². The number of alkyl halides is 3. The average molecular weight is 771 g/mol. The van der Waals surface area contributed by atoms with Crippen molar-refractivity contribution in [2.75, 3.05) is 51.0 Å². The molecule has 1 amide bonds. The van der Waals surface area contributed by atoms with Crippen molar-refractivity contribution in [2.45, 2.75) is 83.0 Å². The fraction of sp³-hybridized carbons (Fsp3) is 0.543. The molecule has 0 aliphatic carbocycles. The largest absolute Gasteiger partial charge is 0.461 e. The number of anilines is 2. The first-order chi connectivity index (χ1) is 25.0. The van der Waals surface area contributed by atoms with Gasteiger partial charge in [-0.1, -0.05) is 11.6 Å². The zero-order valence-electron chi connectivity index (χ0n) is 29.6. The van der Waals surface area contributed by atoms with E-state index in [1.54, 1.807) is 14.1 Å². The summed E-state index contributed by atoms with van der Waals surface area (Å²) in [5.41, 5.74) is 6.04. The van der Waals surface area contributed by atoms with Crippen LogP contribution in [0.5, 0.6) is 6.01 Å². The number of aryl methyl sites for hydroxylation is 1. The molecule has 18 heteroatoms. The zero-order valence-corrected chi connectivity index (χ0v) is 30.4. The number of halogens is 7. The molecule has 4 aliphatic heterocycles. The SMILES string of the molecule is C=C(F)F.Cc1c(C(=O)N(C)C)nn2c1CN(c1nc(OCC34CCCN3CCC4)nc3c1COC(c1c(F)c(N)cc(Cl)c1C(F)(F)F)C3)CCC2. The van der Waals surface area contributed by atoms with E-state index in [-0.39, 0.29) is 30.5 Å². The lowest BCUT2D eigenvalue weighted by molar-refractivity contribution is -0.140. The molecule has 7 rings (SSSR count). The van der Waals surface area contributed by atoms with E-state index >= 15 is 4.39 Å². The van der Waals surface area contributed by atoms with Gasteiger partial charge in [-0.15, -0.1) is 0 Å².